The molecule has 0 aromatic carbocycles. The number of aliphatic hydroxyl groups excluding tert-OH is 1. The third-order valence-corrected chi connectivity index (χ3v) is 6.15. The Morgan fingerprint density at radius 1 is 1.48 bits per heavy atom. The van der Waals surface area contributed by atoms with Crippen molar-refractivity contribution < 1.29 is 17.9 Å². The Balaban J connectivity index is 1.88. The van der Waals surface area contributed by atoms with Crippen LogP contribution in [0.1, 0.15) is 25.0 Å². The first-order valence-corrected chi connectivity index (χ1v) is 9.27. The van der Waals surface area contributed by atoms with Gasteiger partial charge in [0.2, 0.25) is 10.0 Å². The Morgan fingerprint density at radius 3 is 2.71 bits per heavy atom. The van der Waals surface area contributed by atoms with E-state index >= 15 is 0 Å². The van der Waals surface area contributed by atoms with E-state index in [1.807, 2.05) is 0 Å². The second-order valence-corrected chi connectivity index (χ2v) is 7.90. The minimum absolute atomic E-state index is 0.0370. The molecule has 0 spiro atoms. The number of piperidine rings is 1. The molecule has 8 heteroatoms. The van der Waals surface area contributed by atoms with E-state index in [1.165, 1.54) is 6.07 Å². The molecule has 2 rings (SSSR count). The number of sulfonamides is 1. The predicted molar refractivity (Wildman–Crippen MR) is 82.4 cm³/mol. The van der Waals surface area contributed by atoms with Crippen LogP contribution in [0.5, 0.6) is 0 Å². The van der Waals surface area contributed by atoms with E-state index in [1.54, 1.807) is 0 Å². The van der Waals surface area contributed by atoms with Crippen LogP contribution in [-0.4, -0.2) is 45.1 Å². The summed E-state index contributed by atoms with van der Waals surface area (Å²) in [4.78, 5) is 2.33. The molecule has 2 N–H and O–H groups in total. The first-order valence-electron chi connectivity index (χ1n) is 6.99. The average molecular weight is 381 g/mol. The van der Waals surface area contributed by atoms with Gasteiger partial charge in [0.15, 0.2) is 4.67 Å². The Bertz CT molecular complexity index is 565. The third-order valence-electron chi connectivity index (χ3n) is 3.83. The molecule has 0 unspecified atom stereocenters. The van der Waals surface area contributed by atoms with Crippen LogP contribution in [0, 0.1) is 5.92 Å². The SMILES string of the molecule is CN1CCC(CCNS(=O)(=O)c2cc(CO)oc2Br)CC1. The smallest absolute Gasteiger partial charge is 0.244 e. The average Bonchev–Trinajstić information content (AvgIpc) is 2.83. The maximum atomic E-state index is 12.2. The van der Waals surface area contributed by atoms with Gasteiger partial charge in [-0.25, -0.2) is 13.1 Å². The van der Waals surface area contributed by atoms with Gasteiger partial charge in [0, 0.05) is 12.6 Å². The lowest BCUT2D eigenvalue weighted by molar-refractivity contribution is 0.213. The summed E-state index contributed by atoms with van der Waals surface area (Å²) >= 11 is 3.07. The highest BCUT2D eigenvalue weighted by molar-refractivity contribution is 9.10. The summed E-state index contributed by atoms with van der Waals surface area (Å²) < 4.78 is 32.2. The van der Waals surface area contributed by atoms with Crippen LogP contribution in [0.3, 0.4) is 0 Å². The van der Waals surface area contributed by atoms with Crippen LogP contribution in [0.2, 0.25) is 0 Å². The lowest BCUT2D eigenvalue weighted by Crippen LogP contribution is -2.32. The third kappa shape index (κ3) is 4.53. The van der Waals surface area contributed by atoms with Crippen LogP contribution < -0.4 is 4.72 Å². The number of furan rings is 1. The molecule has 21 heavy (non-hydrogen) atoms. The fraction of sp³-hybridized carbons (Fsp3) is 0.692. The van der Waals surface area contributed by atoms with Crippen LogP contribution >= 0.6 is 15.9 Å². The molecule has 6 nitrogen and oxygen atoms in total. The zero-order valence-corrected chi connectivity index (χ0v) is 14.4. The quantitative estimate of drug-likeness (QED) is 0.781. The maximum Gasteiger partial charge on any atom is 0.244 e. The summed E-state index contributed by atoms with van der Waals surface area (Å²) in [7, 11) is -1.50. The fourth-order valence-corrected chi connectivity index (χ4v) is 4.53. The van der Waals surface area contributed by atoms with Gasteiger partial charge in [0.25, 0.3) is 0 Å². The first-order chi connectivity index (χ1) is 9.92. The summed E-state index contributed by atoms with van der Waals surface area (Å²) in [5.74, 6) is 0.794. The van der Waals surface area contributed by atoms with E-state index in [-0.39, 0.29) is 21.9 Å². The lowest BCUT2D eigenvalue weighted by Gasteiger charge is -2.28. The molecule has 1 saturated heterocycles. The van der Waals surface area contributed by atoms with Gasteiger partial charge in [-0.2, -0.15) is 0 Å². The monoisotopic (exact) mass is 380 g/mol. The summed E-state index contributed by atoms with van der Waals surface area (Å²) in [6.07, 6.45) is 3.07. The van der Waals surface area contributed by atoms with E-state index in [0.717, 1.165) is 32.4 Å². The highest BCUT2D eigenvalue weighted by Crippen LogP contribution is 2.26. The molecular formula is C13H21BrN2O4S. The molecule has 1 aliphatic rings. The number of rotatable bonds is 6. The zero-order valence-electron chi connectivity index (χ0n) is 12.0. The molecule has 0 bridgehead atoms. The standard InChI is InChI=1S/C13H21BrN2O4S/c1-16-6-3-10(4-7-16)2-5-15-21(18,19)12-8-11(9-17)20-13(12)14/h8,10,15,17H,2-7,9H2,1H3. The van der Waals surface area contributed by atoms with Crippen molar-refractivity contribution in [3.05, 3.63) is 16.5 Å². The van der Waals surface area contributed by atoms with Crippen LogP contribution in [0.25, 0.3) is 0 Å². The summed E-state index contributed by atoms with van der Waals surface area (Å²) in [6, 6.07) is 1.34. The minimum atomic E-state index is -3.60. The molecular weight excluding hydrogens is 360 g/mol. The Hall–Kier alpha value is -0.410. The number of aliphatic hydroxyl groups is 1. The number of hydrogen-bond donors (Lipinski definition) is 2. The van der Waals surface area contributed by atoms with Crippen molar-refractivity contribution in [2.24, 2.45) is 5.92 Å². The van der Waals surface area contributed by atoms with Crippen molar-refractivity contribution in [3.63, 3.8) is 0 Å². The van der Waals surface area contributed by atoms with E-state index in [4.69, 9.17) is 9.52 Å². The molecule has 1 fully saturated rings. The van der Waals surface area contributed by atoms with Crippen molar-refractivity contribution >= 4 is 26.0 Å². The van der Waals surface area contributed by atoms with Crippen LogP contribution in [0.4, 0.5) is 0 Å². The van der Waals surface area contributed by atoms with Gasteiger partial charge in [-0.1, -0.05) is 0 Å². The Labute approximate surface area is 133 Å². The molecule has 0 amide bonds. The van der Waals surface area contributed by atoms with Crippen molar-refractivity contribution in [1.82, 2.24) is 9.62 Å². The molecule has 0 radical (unpaired) electrons. The van der Waals surface area contributed by atoms with Crippen molar-refractivity contribution in [1.29, 1.82) is 0 Å². The molecule has 0 aliphatic carbocycles. The number of nitrogens with one attached hydrogen (secondary N) is 1. The number of halogens is 1. The topological polar surface area (TPSA) is 82.8 Å². The largest absolute Gasteiger partial charge is 0.450 e. The van der Waals surface area contributed by atoms with Gasteiger partial charge < -0.3 is 14.4 Å². The Morgan fingerprint density at radius 2 is 2.14 bits per heavy atom. The molecule has 120 valence electrons. The lowest BCUT2D eigenvalue weighted by atomic mass is 9.94. The van der Waals surface area contributed by atoms with Crippen molar-refractivity contribution in [3.8, 4) is 0 Å². The predicted octanol–water partition coefficient (Wildman–Crippen LogP) is 1.54. The van der Waals surface area contributed by atoms with E-state index in [9.17, 15) is 8.42 Å². The number of hydrogen-bond acceptors (Lipinski definition) is 5. The molecule has 0 saturated carbocycles. The number of nitrogens with zero attached hydrogens (tertiary/aromatic N) is 1. The molecule has 1 aromatic heterocycles. The normalized spacial score (nSPS) is 18.2. The van der Waals surface area contributed by atoms with Gasteiger partial charge in [-0.05, 0) is 61.2 Å². The zero-order chi connectivity index (χ0) is 15.5. The number of likely N-dealkylation sites (tertiary alicyclic amines) is 1. The second kappa shape index (κ2) is 7.23. The summed E-state index contributed by atoms with van der Waals surface area (Å²) in [5, 5.41) is 8.97. The summed E-state index contributed by atoms with van der Waals surface area (Å²) in [5.41, 5.74) is 0. The minimum Gasteiger partial charge on any atom is -0.450 e. The van der Waals surface area contributed by atoms with Gasteiger partial charge >= 0.3 is 0 Å². The molecule has 1 aromatic rings. The van der Waals surface area contributed by atoms with Crippen LogP contribution in [-0.2, 0) is 16.6 Å². The molecule has 1 aliphatic heterocycles. The van der Waals surface area contributed by atoms with Gasteiger partial charge in [-0.15, -0.1) is 0 Å². The highest BCUT2D eigenvalue weighted by Gasteiger charge is 2.23. The molecule has 0 atom stereocenters. The van der Waals surface area contributed by atoms with Crippen molar-refractivity contribution in [2.45, 2.75) is 30.8 Å². The van der Waals surface area contributed by atoms with Crippen molar-refractivity contribution in [2.75, 3.05) is 26.7 Å². The van der Waals surface area contributed by atoms with Crippen LogP contribution in [0.15, 0.2) is 20.0 Å². The van der Waals surface area contributed by atoms with E-state index < -0.39 is 10.0 Å². The fourth-order valence-electron chi connectivity index (χ4n) is 2.48. The second-order valence-electron chi connectivity index (χ2n) is 5.44. The molecule has 2 heterocycles. The van der Waals surface area contributed by atoms with E-state index in [2.05, 4.69) is 32.6 Å². The Kier molecular flexibility index (Phi) is 5.84. The van der Waals surface area contributed by atoms with Gasteiger partial charge in [-0.3, -0.25) is 0 Å². The van der Waals surface area contributed by atoms with Gasteiger partial charge in [0.1, 0.15) is 17.3 Å². The highest BCUT2D eigenvalue weighted by atomic mass is 79.9. The maximum absolute atomic E-state index is 12.2. The first kappa shape index (κ1) is 17.0. The van der Waals surface area contributed by atoms with Gasteiger partial charge in [0.05, 0.1) is 0 Å². The van der Waals surface area contributed by atoms with E-state index in [0.29, 0.717) is 12.5 Å². The summed E-state index contributed by atoms with van der Waals surface area (Å²) in [6.45, 7) is 2.24.